The SMILES string of the molecule is C[C@@H]1CN(S(C)(=O)=O)CCN1Cc1cccc(I)c1. The quantitative estimate of drug-likeness (QED) is 0.734. The average Bonchev–Trinajstić information content (AvgIpc) is 2.30. The Hall–Kier alpha value is -0.180. The van der Waals surface area contributed by atoms with Gasteiger partial charge in [0.05, 0.1) is 6.26 Å². The van der Waals surface area contributed by atoms with E-state index in [4.69, 9.17) is 0 Å². The van der Waals surface area contributed by atoms with Gasteiger partial charge < -0.3 is 0 Å². The van der Waals surface area contributed by atoms with Crippen LogP contribution in [0.5, 0.6) is 0 Å². The Morgan fingerprint density at radius 2 is 2.11 bits per heavy atom. The lowest BCUT2D eigenvalue weighted by atomic mass is 10.1. The number of nitrogens with zero attached hydrogens (tertiary/aromatic N) is 2. The third-order valence-electron chi connectivity index (χ3n) is 3.47. The van der Waals surface area contributed by atoms with Crippen LogP contribution >= 0.6 is 22.6 Å². The molecule has 0 bridgehead atoms. The molecule has 0 aromatic heterocycles. The highest BCUT2D eigenvalue weighted by Crippen LogP contribution is 2.17. The normalized spacial score (nSPS) is 22.6. The first-order valence-corrected chi connectivity index (χ1v) is 9.22. The number of rotatable bonds is 3. The van der Waals surface area contributed by atoms with Gasteiger partial charge in [-0.25, -0.2) is 8.42 Å². The van der Waals surface area contributed by atoms with E-state index >= 15 is 0 Å². The van der Waals surface area contributed by atoms with Gasteiger partial charge >= 0.3 is 0 Å². The molecular weight excluding hydrogens is 375 g/mol. The van der Waals surface area contributed by atoms with Crippen LogP contribution in [0.4, 0.5) is 0 Å². The zero-order valence-corrected chi connectivity index (χ0v) is 14.2. The van der Waals surface area contributed by atoms with E-state index in [-0.39, 0.29) is 6.04 Å². The largest absolute Gasteiger partial charge is 0.294 e. The van der Waals surface area contributed by atoms with E-state index in [1.807, 2.05) is 0 Å². The summed E-state index contributed by atoms with van der Waals surface area (Å²) in [6.07, 6.45) is 1.29. The average molecular weight is 394 g/mol. The lowest BCUT2D eigenvalue weighted by molar-refractivity contribution is 0.122. The Kier molecular flexibility index (Phi) is 4.86. The number of sulfonamides is 1. The Balaban J connectivity index is 2.01. The van der Waals surface area contributed by atoms with E-state index in [0.717, 1.165) is 13.1 Å². The van der Waals surface area contributed by atoms with Crippen LogP contribution in [0.15, 0.2) is 24.3 Å². The highest BCUT2D eigenvalue weighted by Gasteiger charge is 2.28. The van der Waals surface area contributed by atoms with E-state index in [9.17, 15) is 8.42 Å². The van der Waals surface area contributed by atoms with Crippen LogP contribution in [0.3, 0.4) is 0 Å². The van der Waals surface area contributed by atoms with Crippen molar-refractivity contribution in [3.05, 3.63) is 33.4 Å². The van der Waals surface area contributed by atoms with Crippen LogP contribution in [0, 0.1) is 3.57 Å². The second-order valence-corrected chi connectivity index (χ2v) is 8.30. The molecule has 2 rings (SSSR count). The molecule has 0 unspecified atom stereocenters. The Labute approximate surface area is 129 Å². The molecule has 1 fully saturated rings. The van der Waals surface area contributed by atoms with Gasteiger partial charge in [0, 0.05) is 35.8 Å². The molecule has 0 saturated carbocycles. The van der Waals surface area contributed by atoms with Crippen molar-refractivity contribution in [1.82, 2.24) is 9.21 Å². The van der Waals surface area contributed by atoms with Crippen molar-refractivity contribution >= 4 is 32.6 Å². The molecule has 1 aromatic carbocycles. The Morgan fingerprint density at radius 1 is 1.37 bits per heavy atom. The monoisotopic (exact) mass is 394 g/mol. The molecule has 1 aromatic rings. The Morgan fingerprint density at radius 3 is 2.68 bits per heavy atom. The minimum Gasteiger partial charge on any atom is -0.294 e. The van der Waals surface area contributed by atoms with E-state index in [1.54, 1.807) is 4.31 Å². The highest BCUT2D eigenvalue weighted by molar-refractivity contribution is 14.1. The van der Waals surface area contributed by atoms with Gasteiger partial charge in [0.1, 0.15) is 0 Å². The molecule has 0 radical (unpaired) electrons. The van der Waals surface area contributed by atoms with Gasteiger partial charge in [-0.05, 0) is 47.2 Å². The number of hydrogen-bond donors (Lipinski definition) is 0. The summed E-state index contributed by atoms with van der Waals surface area (Å²) >= 11 is 2.31. The lowest BCUT2D eigenvalue weighted by Crippen LogP contribution is -2.52. The molecule has 1 heterocycles. The first-order chi connectivity index (χ1) is 8.86. The second kappa shape index (κ2) is 6.07. The van der Waals surface area contributed by atoms with E-state index in [0.29, 0.717) is 13.1 Å². The number of hydrogen-bond acceptors (Lipinski definition) is 3. The summed E-state index contributed by atoms with van der Waals surface area (Å²) in [6, 6.07) is 8.69. The molecular formula is C13H19IN2O2S. The molecule has 4 nitrogen and oxygen atoms in total. The minimum absolute atomic E-state index is 0.251. The van der Waals surface area contributed by atoms with Gasteiger partial charge in [-0.1, -0.05) is 12.1 Å². The molecule has 19 heavy (non-hydrogen) atoms. The highest BCUT2D eigenvalue weighted by atomic mass is 127. The number of halogens is 1. The smallest absolute Gasteiger partial charge is 0.211 e. The van der Waals surface area contributed by atoms with Crippen LogP contribution < -0.4 is 0 Å². The molecule has 6 heteroatoms. The van der Waals surface area contributed by atoms with Crippen LogP contribution in [0.25, 0.3) is 0 Å². The minimum atomic E-state index is -3.06. The molecule has 1 aliphatic heterocycles. The molecule has 1 saturated heterocycles. The van der Waals surface area contributed by atoms with Gasteiger partial charge in [0.15, 0.2) is 0 Å². The first-order valence-electron chi connectivity index (χ1n) is 6.30. The second-order valence-electron chi connectivity index (χ2n) is 5.07. The van der Waals surface area contributed by atoms with Crippen LogP contribution in [-0.4, -0.2) is 49.6 Å². The fourth-order valence-electron chi connectivity index (χ4n) is 2.37. The van der Waals surface area contributed by atoms with Gasteiger partial charge in [0.25, 0.3) is 0 Å². The van der Waals surface area contributed by atoms with Crippen molar-refractivity contribution in [2.75, 3.05) is 25.9 Å². The zero-order chi connectivity index (χ0) is 14.0. The Bertz CT molecular complexity index is 547. The van der Waals surface area contributed by atoms with Gasteiger partial charge in [-0.3, -0.25) is 4.90 Å². The third-order valence-corrected chi connectivity index (χ3v) is 5.41. The summed E-state index contributed by atoms with van der Waals surface area (Å²) in [6.45, 7) is 4.94. The molecule has 0 spiro atoms. The standard InChI is InChI=1S/C13H19IN2O2S/c1-11-9-16(19(2,17)18)7-6-15(11)10-12-4-3-5-13(14)8-12/h3-5,8,11H,6-7,9-10H2,1-2H3/t11-/m1/s1. The van der Waals surface area contributed by atoms with Crippen LogP contribution in [0.1, 0.15) is 12.5 Å². The van der Waals surface area contributed by atoms with Crippen molar-refractivity contribution in [2.45, 2.75) is 19.5 Å². The van der Waals surface area contributed by atoms with Gasteiger partial charge in [-0.2, -0.15) is 4.31 Å². The maximum Gasteiger partial charge on any atom is 0.211 e. The van der Waals surface area contributed by atoms with Crippen LogP contribution in [-0.2, 0) is 16.6 Å². The molecule has 0 aliphatic carbocycles. The predicted octanol–water partition coefficient (Wildman–Crippen LogP) is 1.76. The van der Waals surface area contributed by atoms with E-state index in [2.05, 4.69) is 58.7 Å². The molecule has 106 valence electrons. The lowest BCUT2D eigenvalue weighted by Gasteiger charge is -2.38. The summed E-state index contributed by atoms with van der Waals surface area (Å²) in [5, 5.41) is 0. The van der Waals surface area contributed by atoms with Crippen molar-refractivity contribution in [2.24, 2.45) is 0 Å². The maximum absolute atomic E-state index is 11.5. The summed E-state index contributed by atoms with van der Waals surface area (Å²) in [5.41, 5.74) is 1.28. The van der Waals surface area contributed by atoms with Crippen molar-refractivity contribution < 1.29 is 8.42 Å². The van der Waals surface area contributed by atoms with Crippen molar-refractivity contribution in [1.29, 1.82) is 0 Å². The summed E-state index contributed by atoms with van der Waals surface area (Å²) in [5.74, 6) is 0. The topological polar surface area (TPSA) is 40.6 Å². The fourth-order valence-corrected chi connectivity index (χ4v) is 3.88. The van der Waals surface area contributed by atoms with Gasteiger partial charge in [0.2, 0.25) is 10.0 Å². The van der Waals surface area contributed by atoms with Gasteiger partial charge in [-0.15, -0.1) is 0 Å². The first kappa shape index (κ1) is 15.2. The van der Waals surface area contributed by atoms with E-state index < -0.39 is 10.0 Å². The third kappa shape index (κ3) is 4.14. The number of benzene rings is 1. The van der Waals surface area contributed by atoms with Crippen molar-refractivity contribution in [3.8, 4) is 0 Å². The van der Waals surface area contributed by atoms with Crippen molar-refractivity contribution in [3.63, 3.8) is 0 Å². The summed E-state index contributed by atoms with van der Waals surface area (Å²) in [7, 11) is -3.06. The number of piperazine rings is 1. The maximum atomic E-state index is 11.5. The zero-order valence-electron chi connectivity index (χ0n) is 11.2. The summed E-state index contributed by atoms with van der Waals surface area (Å²) in [4.78, 5) is 2.34. The fraction of sp³-hybridized carbons (Fsp3) is 0.538. The molecule has 1 aliphatic rings. The van der Waals surface area contributed by atoms with Crippen LogP contribution in [0.2, 0.25) is 0 Å². The summed E-state index contributed by atoms with van der Waals surface area (Å²) < 4.78 is 25.9. The molecule has 1 atom stereocenters. The predicted molar refractivity (Wildman–Crippen MR) is 85.4 cm³/mol. The molecule has 0 amide bonds. The molecule has 0 N–H and O–H groups in total. The van der Waals surface area contributed by atoms with E-state index in [1.165, 1.54) is 15.4 Å².